The van der Waals surface area contributed by atoms with Crippen LogP contribution in [0, 0.1) is 98.7 Å². The molecule has 12 aromatic rings. The number of rotatable bonds is 16. The van der Waals surface area contributed by atoms with Crippen LogP contribution in [0.1, 0.15) is 95.4 Å². The summed E-state index contributed by atoms with van der Waals surface area (Å²) in [5, 5.41) is 70.5. The van der Waals surface area contributed by atoms with E-state index in [0.717, 1.165) is 84.1 Å². The van der Waals surface area contributed by atoms with Crippen LogP contribution in [-0.4, -0.2) is 111 Å². The summed E-state index contributed by atoms with van der Waals surface area (Å²) in [5.41, 5.74) is 24.1. The molecule has 9 heterocycles. The summed E-state index contributed by atoms with van der Waals surface area (Å²) in [6.45, 7) is 3.35. The number of esters is 2. The molecule has 12 rings (SSSR count). The normalized spacial score (nSPS) is 9.88. The summed E-state index contributed by atoms with van der Waals surface area (Å²) in [6, 6.07) is 40.9. The van der Waals surface area contributed by atoms with Crippen molar-refractivity contribution >= 4 is 81.3 Å². The average Bonchev–Trinajstić information content (AvgIpc) is 1.68. The minimum absolute atomic E-state index is 0.0212. The number of nitrogen functional groups attached to an aromatic ring is 4. The first kappa shape index (κ1) is 91.4. The largest absolute Gasteiger partial charge is 0.476 e. The fourth-order valence-corrected chi connectivity index (χ4v) is 9.23. The molecular weight excluding hydrogens is 1570 g/mol. The maximum absolute atomic E-state index is 13.7. The van der Waals surface area contributed by atoms with E-state index in [4.69, 9.17) is 82.0 Å². The van der Waals surface area contributed by atoms with Gasteiger partial charge in [0.05, 0.1) is 101 Å². The predicted molar refractivity (Wildman–Crippen MR) is 403 cm³/mol. The SMILES string of the molecule is COC(=O)c1ncc(N)cc1F.Cc1cc(CCC(=O)Cc2cnc(CO)c(F)c2)n(-c2cccc(Cl)c2)n1.Cc1cc(CCC(=O)Oc2ccccc2)n(-c2cccc(Cl)c2)n1.N#Cc1ncc(N)cc1F.N#Cc1ncc([N+](=O)[O-])cc1F.N#Cc1ncccc1F.Nc1cnc(C(=O)O)c(F)c1.Nc1cnc(C(=O)O)c(F)c1. The summed E-state index contributed by atoms with van der Waals surface area (Å²) in [5.74, 6) is -8.79. The van der Waals surface area contributed by atoms with Crippen LogP contribution in [0.2, 0.25) is 10.0 Å². The molecule has 0 unspecified atom stereocenters. The summed E-state index contributed by atoms with van der Waals surface area (Å²) in [7, 11) is 1.15. The zero-order chi connectivity index (χ0) is 85.7. The number of ether oxygens (including phenoxy) is 2. The summed E-state index contributed by atoms with van der Waals surface area (Å²) in [6.07, 6.45) is 9.97. The lowest BCUT2D eigenvalue weighted by molar-refractivity contribution is -0.385. The van der Waals surface area contributed by atoms with Gasteiger partial charge in [0, 0.05) is 77.4 Å². The number of ketones is 1. The lowest BCUT2D eigenvalue weighted by atomic mass is 10.1. The number of carboxylic acid groups (broad SMARTS) is 2. The third-order valence-corrected chi connectivity index (χ3v) is 14.5. The Balaban J connectivity index is 0.000000245. The predicted octanol–water partition coefficient (Wildman–Crippen LogP) is 12.3. The van der Waals surface area contributed by atoms with E-state index >= 15 is 0 Å². The van der Waals surface area contributed by atoms with E-state index in [-0.39, 0.29) is 70.1 Å². The number of carbonyl (C=O) groups is 5. The molecule has 0 saturated heterocycles. The number of aromatic carboxylic acids is 2. The zero-order valence-corrected chi connectivity index (χ0v) is 62.0. The van der Waals surface area contributed by atoms with E-state index in [0.29, 0.717) is 46.7 Å². The van der Waals surface area contributed by atoms with Gasteiger partial charge in [-0.1, -0.05) is 53.5 Å². The molecule has 0 atom stereocenters. The molecule has 0 bridgehead atoms. The monoisotopic (exact) mass is 1640 g/mol. The summed E-state index contributed by atoms with van der Waals surface area (Å²) in [4.78, 5) is 88.8. The lowest BCUT2D eigenvalue weighted by Crippen LogP contribution is -2.11. The number of para-hydroxylation sites is 1. The van der Waals surface area contributed by atoms with Crippen LogP contribution < -0.4 is 27.7 Å². The highest BCUT2D eigenvalue weighted by Crippen LogP contribution is 2.23. The Morgan fingerprint density at radius 2 is 0.966 bits per heavy atom. The molecule has 0 radical (unpaired) electrons. The van der Waals surface area contributed by atoms with Gasteiger partial charge in [0.2, 0.25) is 0 Å². The van der Waals surface area contributed by atoms with Gasteiger partial charge < -0.3 is 47.7 Å². The van der Waals surface area contributed by atoms with Crippen molar-refractivity contribution in [1.29, 1.82) is 15.8 Å². The third kappa shape index (κ3) is 29.9. The number of hydrogen-bond donors (Lipinski definition) is 7. The van der Waals surface area contributed by atoms with Crippen LogP contribution in [0.4, 0.5) is 59.2 Å². The molecule has 0 amide bonds. The van der Waals surface area contributed by atoms with Crippen molar-refractivity contribution in [2.45, 2.75) is 52.6 Å². The van der Waals surface area contributed by atoms with Crippen molar-refractivity contribution in [2.75, 3.05) is 30.0 Å². The number of nitro groups is 1. The molecule has 40 heteroatoms. The topological polar surface area (TPSA) is 509 Å². The Labute approximate surface area is 662 Å². The Hall–Kier alpha value is -15.2. The molecular formula is C76H62Cl2F7N19O12. The average molecular weight is 1640 g/mol. The smallest absolute Gasteiger partial charge is 0.359 e. The molecule has 0 fully saturated rings. The van der Waals surface area contributed by atoms with Gasteiger partial charge in [0.25, 0.3) is 5.69 Å². The highest BCUT2D eigenvalue weighted by atomic mass is 35.5. The number of aromatic nitrogens is 11. The maximum Gasteiger partial charge on any atom is 0.359 e. The van der Waals surface area contributed by atoms with Crippen LogP contribution in [0.3, 0.4) is 0 Å². The maximum atomic E-state index is 13.7. The summed E-state index contributed by atoms with van der Waals surface area (Å²) >= 11 is 12.1. The number of carbonyl (C=O) groups excluding carboxylic acids is 3. The number of anilines is 4. The number of benzene rings is 3. The highest BCUT2D eigenvalue weighted by molar-refractivity contribution is 6.31. The quantitative estimate of drug-likeness (QED) is 0.0155. The van der Waals surface area contributed by atoms with Crippen LogP contribution in [0.25, 0.3) is 11.4 Å². The Morgan fingerprint density at radius 1 is 0.517 bits per heavy atom. The van der Waals surface area contributed by atoms with Gasteiger partial charge in [-0.25, -0.2) is 84.4 Å². The van der Waals surface area contributed by atoms with Gasteiger partial charge in [-0.15, -0.1) is 0 Å². The highest BCUT2D eigenvalue weighted by Gasteiger charge is 2.18. The number of Topliss-reactive ketones (excluding diaryl/α,β-unsaturated/α-hetero) is 1. The van der Waals surface area contributed by atoms with Crippen LogP contribution >= 0.6 is 23.2 Å². The number of pyridine rings is 7. The van der Waals surface area contributed by atoms with Gasteiger partial charge in [0.15, 0.2) is 69.1 Å². The molecule has 9 aromatic heterocycles. The second-order valence-electron chi connectivity index (χ2n) is 22.7. The lowest BCUT2D eigenvalue weighted by Gasteiger charge is -2.08. The Morgan fingerprint density at radius 3 is 1.37 bits per heavy atom. The minimum Gasteiger partial charge on any atom is -0.476 e. The number of aryl methyl sites for hydroxylation is 4. The van der Waals surface area contributed by atoms with Gasteiger partial charge in [-0.05, 0) is 105 Å². The molecule has 0 aliphatic rings. The number of carboxylic acids is 2. The number of halogens is 9. The molecule has 0 aliphatic carbocycles. The second-order valence-corrected chi connectivity index (χ2v) is 23.6. The third-order valence-electron chi connectivity index (χ3n) is 14.0. The first-order chi connectivity index (χ1) is 55.2. The standard InChI is InChI=1S/C20H19ClFN3O2.C19H17ClN2O2.C7H7FN2O2.C6H2FN3O2.C6H4FN3.2C6H5FN2O2.C6H3FN2/c1-13-7-17(25(24-13)16-4-2-3-15(21)10-16)5-6-18(27)8-14-9-19(22)20(12-26)23-11-14;1-14-12-17(22(21-14)16-7-5-6-15(20)13-16)10-11-19(23)24-18-8-3-2-4-9-18;1-12-7(11)6-5(8)2-4(9)3-10-6;7-5-1-4(10(11)12)3-9-6(5)2-8;7-5-1-4(9)3-10-6(5)2-8;2*7-4-1-3(8)2-9-5(4)6(10)11;7-5-2-1-3-9-6(5)4-8/h2-4,7,9-11,26H,5-6,8,12H2,1H3;2-9,12-13H,10-11H2,1H3;2-3H,9H2,1H3;1,3H;1,3H,9H2;2*1-2H,8H2,(H,10,11);1-3H. The number of methoxy groups -OCH3 is 1. The Bertz CT molecular complexity index is 5540. The molecule has 596 valence electrons. The van der Waals surface area contributed by atoms with E-state index in [1.165, 1.54) is 49.1 Å². The van der Waals surface area contributed by atoms with Crippen molar-refractivity contribution in [2.24, 2.45) is 0 Å². The van der Waals surface area contributed by atoms with Crippen molar-refractivity contribution in [1.82, 2.24) is 54.4 Å². The number of aliphatic hydroxyl groups excluding tert-OH is 1. The fraction of sp³-hybridized carbons (Fsp3) is 0.118. The number of hydrogen-bond acceptors (Lipinski definition) is 26. The van der Waals surface area contributed by atoms with Crippen molar-refractivity contribution in [3.8, 4) is 35.3 Å². The van der Waals surface area contributed by atoms with Crippen LogP contribution in [0.5, 0.6) is 5.75 Å². The first-order valence-electron chi connectivity index (χ1n) is 32.6. The minimum atomic E-state index is -1.40. The number of nitrogens with zero attached hydrogens (tertiary/aromatic N) is 15. The van der Waals surface area contributed by atoms with Crippen LogP contribution in [-0.2, 0) is 40.2 Å². The zero-order valence-electron chi connectivity index (χ0n) is 60.5. The number of nitrogens with two attached hydrogens (primary N) is 4. The molecule has 3 aromatic carbocycles. The van der Waals surface area contributed by atoms with Gasteiger partial charge in [-0.3, -0.25) is 24.7 Å². The van der Waals surface area contributed by atoms with Gasteiger partial charge >= 0.3 is 23.9 Å². The molecule has 11 N–H and O–H groups in total. The molecule has 31 nitrogen and oxygen atoms in total. The fourth-order valence-electron chi connectivity index (χ4n) is 8.86. The van der Waals surface area contributed by atoms with Crippen LogP contribution in [0.15, 0.2) is 183 Å². The number of nitriles is 3. The van der Waals surface area contributed by atoms with E-state index in [1.54, 1.807) is 35.0 Å². The van der Waals surface area contributed by atoms with E-state index in [2.05, 4.69) is 49.8 Å². The van der Waals surface area contributed by atoms with Crippen molar-refractivity contribution < 1.29 is 84.4 Å². The molecule has 0 spiro atoms. The van der Waals surface area contributed by atoms with E-state index < -0.39 is 92.9 Å². The van der Waals surface area contributed by atoms with Crippen molar-refractivity contribution in [3.05, 3.63) is 312 Å². The Kier molecular flexibility index (Phi) is 36.1. The van der Waals surface area contributed by atoms with E-state index in [1.807, 2.05) is 91.3 Å². The van der Waals surface area contributed by atoms with Gasteiger partial charge in [-0.2, -0.15) is 26.0 Å². The first-order valence-corrected chi connectivity index (χ1v) is 33.4. The molecule has 0 aliphatic heterocycles. The molecule has 116 heavy (non-hydrogen) atoms. The van der Waals surface area contributed by atoms with E-state index in [9.17, 15) is 64.8 Å². The second kappa shape index (κ2) is 45.8. The molecule has 0 saturated carbocycles. The van der Waals surface area contributed by atoms with Crippen molar-refractivity contribution in [3.63, 3.8) is 0 Å². The van der Waals surface area contributed by atoms with Gasteiger partial charge in [0.1, 0.15) is 47.4 Å². The number of aliphatic hydroxyl groups is 1. The summed E-state index contributed by atoms with van der Waals surface area (Å²) < 4.78 is 102.